The van der Waals surface area contributed by atoms with Gasteiger partial charge in [-0.3, -0.25) is 4.98 Å². The molecular formula is C18H26N2O. The maximum atomic E-state index is 5.65. The van der Waals surface area contributed by atoms with E-state index in [1.165, 1.54) is 11.1 Å². The molecule has 0 N–H and O–H groups in total. The first-order valence-electron chi connectivity index (χ1n) is 7.98. The Bertz CT molecular complexity index is 589. The van der Waals surface area contributed by atoms with Gasteiger partial charge in [0.05, 0.1) is 12.1 Å². The zero-order chi connectivity index (χ0) is 15.2. The minimum Gasteiger partial charge on any atom is -0.494 e. The molecule has 0 radical (unpaired) electrons. The lowest BCUT2D eigenvalue weighted by molar-refractivity contribution is 0.340. The van der Waals surface area contributed by atoms with E-state index in [4.69, 9.17) is 4.74 Å². The van der Waals surface area contributed by atoms with Gasteiger partial charge in [-0.15, -0.1) is 0 Å². The monoisotopic (exact) mass is 286 g/mol. The Morgan fingerprint density at radius 2 is 1.76 bits per heavy atom. The highest BCUT2D eigenvalue weighted by atomic mass is 16.5. The van der Waals surface area contributed by atoms with Gasteiger partial charge < -0.3 is 9.64 Å². The van der Waals surface area contributed by atoms with Gasteiger partial charge >= 0.3 is 0 Å². The summed E-state index contributed by atoms with van der Waals surface area (Å²) in [5, 5.41) is 1.19. The lowest BCUT2D eigenvalue weighted by Gasteiger charge is -2.25. The zero-order valence-electron chi connectivity index (χ0n) is 13.6. The normalized spacial score (nSPS) is 10.9. The molecule has 0 atom stereocenters. The van der Waals surface area contributed by atoms with Gasteiger partial charge in [-0.25, -0.2) is 0 Å². The maximum Gasteiger partial charge on any atom is 0.120 e. The molecule has 2 aromatic rings. The third-order valence-electron chi connectivity index (χ3n) is 3.53. The van der Waals surface area contributed by atoms with Crippen LogP contribution in [-0.4, -0.2) is 24.7 Å². The van der Waals surface area contributed by atoms with Gasteiger partial charge in [0.2, 0.25) is 0 Å². The van der Waals surface area contributed by atoms with E-state index < -0.39 is 0 Å². The first-order valence-corrected chi connectivity index (χ1v) is 7.98. The van der Waals surface area contributed by atoms with Crippen molar-refractivity contribution in [1.29, 1.82) is 0 Å². The summed E-state index contributed by atoms with van der Waals surface area (Å²) < 4.78 is 5.65. The molecule has 3 nitrogen and oxygen atoms in total. The van der Waals surface area contributed by atoms with Crippen molar-refractivity contribution in [3.05, 3.63) is 30.0 Å². The standard InChI is InChI=1S/C18H26N2O/c1-5-10-20(11-6-2)18-12-14(4)19-17-9-8-15(21-7-3)13-16(17)18/h8-9,12-13H,5-7,10-11H2,1-4H3. The predicted octanol–water partition coefficient (Wildman–Crippen LogP) is 4.57. The van der Waals surface area contributed by atoms with Gasteiger partial charge in [0.1, 0.15) is 5.75 Å². The molecule has 0 aliphatic carbocycles. The Morgan fingerprint density at radius 3 is 2.38 bits per heavy atom. The molecule has 0 saturated heterocycles. The van der Waals surface area contributed by atoms with E-state index >= 15 is 0 Å². The van der Waals surface area contributed by atoms with Gasteiger partial charge in [-0.2, -0.15) is 0 Å². The summed E-state index contributed by atoms with van der Waals surface area (Å²) in [7, 11) is 0. The number of pyridine rings is 1. The van der Waals surface area contributed by atoms with Crippen molar-refractivity contribution < 1.29 is 4.74 Å². The first kappa shape index (κ1) is 15.6. The van der Waals surface area contributed by atoms with Gasteiger partial charge in [0, 0.05) is 29.9 Å². The fourth-order valence-corrected chi connectivity index (χ4v) is 2.73. The van der Waals surface area contributed by atoms with Crippen LogP contribution in [0, 0.1) is 6.92 Å². The van der Waals surface area contributed by atoms with Crippen LogP contribution >= 0.6 is 0 Å². The predicted molar refractivity (Wildman–Crippen MR) is 90.4 cm³/mol. The third kappa shape index (κ3) is 3.66. The molecule has 114 valence electrons. The van der Waals surface area contributed by atoms with E-state index in [1.807, 2.05) is 13.0 Å². The van der Waals surface area contributed by atoms with Crippen LogP contribution in [0.5, 0.6) is 5.75 Å². The van der Waals surface area contributed by atoms with E-state index in [2.05, 4.69) is 48.9 Å². The number of fused-ring (bicyclic) bond motifs is 1. The molecule has 1 aromatic heterocycles. The highest BCUT2D eigenvalue weighted by molar-refractivity contribution is 5.93. The average molecular weight is 286 g/mol. The smallest absolute Gasteiger partial charge is 0.120 e. The number of hydrogen-bond acceptors (Lipinski definition) is 3. The maximum absolute atomic E-state index is 5.65. The highest BCUT2D eigenvalue weighted by Crippen LogP contribution is 2.30. The fourth-order valence-electron chi connectivity index (χ4n) is 2.73. The van der Waals surface area contributed by atoms with Gasteiger partial charge in [-0.1, -0.05) is 13.8 Å². The molecule has 0 fully saturated rings. The van der Waals surface area contributed by atoms with E-state index in [-0.39, 0.29) is 0 Å². The Morgan fingerprint density at radius 1 is 1.05 bits per heavy atom. The number of benzene rings is 1. The van der Waals surface area contributed by atoms with Gasteiger partial charge in [-0.05, 0) is 51.0 Å². The number of aromatic nitrogens is 1. The number of aryl methyl sites for hydroxylation is 1. The number of ether oxygens (including phenoxy) is 1. The van der Waals surface area contributed by atoms with Crippen molar-refractivity contribution in [3.63, 3.8) is 0 Å². The number of hydrogen-bond donors (Lipinski definition) is 0. The minimum atomic E-state index is 0.688. The molecule has 3 heteroatoms. The Kier molecular flexibility index (Phi) is 5.43. The quantitative estimate of drug-likeness (QED) is 0.745. The minimum absolute atomic E-state index is 0.688. The van der Waals surface area contributed by atoms with Crippen molar-refractivity contribution >= 4 is 16.6 Å². The Labute approximate surface area is 127 Å². The van der Waals surface area contributed by atoms with Crippen molar-refractivity contribution in [2.45, 2.75) is 40.5 Å². The zero-order valence-corrected chi connectivity index (χ0v) is 13.6. The van der Waals surface area contributed by atoms with E-state index in [0.29, 0.717) is 6.61 Å². The SMILES string of the molecule is CCCN(CCC)c1cc(C)nc2ccc(OCC)cc12. The number of nitrogens with zero attached hydrogens (tertiary/aromatic N) is 2. The summed E-state index contributed by atoms with van der Waals surface area (Å²) in [5.74, 6) is 0.921. The van der Waals surface area contributed by atoms with Crippen LogP contribution in [0.2, 0.25) is 0 Å². The van der Waals surface area contributed by atoms with Crippen LogP contribution in [0.25, 0.3) is 10.9 Å². The van der Waals surface area contributed by atoms with Gasteiger partial charge in [0.25, 0.3) is 0 Å². The summed E-state index contributed by atoms with van der Waals surface area (Å²) in [6.07, 6.45) is 2.29. The van der Waals surface area contributed by atoms with Crippen molar-refractivity contribution in [1.82, 2.24) is 4.98 Å². The fraction of sp³-hybridized carbons (Fsp3) is 0.500. The van der Waals surface area contributed by atoms with Crippen molar-refractivity contribution in [3.8, 4) is 5.75 Å². The second-order valence-corrected chi connectivity index (χ2v) is 5.38. The number of anilines is 1. The Hall–Kier alpha value is -1.77. The van der Waals surface area contributed by atoms with Crippen LogP contribution in [0.15, 0.2) is 24.3 Å². The molecule has 2 rings (SSSR count). The van der Waals surface area contributed by atoms with Crippen LogP contribution in [0.3, 0.4) is 0 Å². The summed E-state index contributed by atoms with van der Waals surface area (Å²) in [5.41, 5.74) is 3.40. The lowest BCUT2D eigenvalue weighted by atomic mass is 10.1. The second kappa shape index (κ2) is 7.30. The summed E-state index contributed by atoms with van der Waals surface area (Å²) >= 11 is 0. The van der Waals surface area contributed by atoms with Crippen molar-refractivity contribution in [2.75, 3.05) is 24.6 Å². The molecule has 0 spiro atoms. The lowest BCUT2D eigenvalue weighted by Crippen LogP contribution is -2.25. The molecule has 0 aliphatic heterocycles. The van der Waals surface area contributed by atoms with E-state index in [1.54, 1.807) is 0 Å². The van der Waals surface area contributed by atoms with Crippen LogP contribution < -0.4 is 9.64 Å². The topological polar surface area (TPSA) is 25.4 Å². The molecule has 0 saturated carbocycles. The first-order chi connectivity index (χ1) is 10.2. The van der Waals surface area contributed by atoms with E-state index in [0.717, 1.165) is 42.9 Å². The van der Waals surface area contributed by atoms with Crippen LogP contribution in [0.1, 0.15) is 39.3 Å². The van der Waals surface area contributed by atoms with Crippen molar-refractivity contribution in [2.24, 2.45) is 0 Å². The molecule has 0 amide bonds. The van der Waals surface area contributed by atoms with E-state index in [9.17, 15) is 0 Å². The van der Waals surface area contributed by atoms with Gasteiger partial charge in [0.15, 0.2) is 0 Å². The molecule has 0 unspecified atom stereocenters. The van der Waals surface area contributed by atoms with Crippen LogP contribution in [-0.2, 0) is 0 Å². The summed E-state index contributed by atoms with van der Waals surface area (Å²) in [6, 6.07) is 8.39. The molecule has 0 aliphatic rings. The second-order valence-electron chi connectivity index (χ2n) is 5.38. The molecule has 1 heterocycles. The Balaban J connectivity index is 2.54. The average Bonchev–Trinajstić information content (AvgIpc) is 2.47. The summed E-state index contributed by atoms with van der Waals surface area (Å²) in [6.45, 7) is 11.4. The van der Waals surface area contributed by atoms with Crippen LogP contribution in [0.4, 0.5) is 5.69 Å². The highest BCUT2D eigenvalue weighted by Gasteiger charge is 2.11. The molecule has 1 aromatic carbocycles. The molecular weight excluding hydrogens is 260 g/mol. The third-order valence-corrected chi connectivity index (χ3v) is 3.53. The largest absolute Gasteiger partial charge is 0.494 e. The molecule has 21 heavy (non-hydrogen) atoms. The summed E-state index contributed by atoms with van der Waals surface area (Å²) in [4.78, 5) is 7.12. The number of rotatable bonds is 7. The molecule has 0 bridgehead atoms.